The SMILES string of the molecule is CC[C@H](C)C(C=NC(C)=O)C(=O)NCC(=O)N1C[C@@H](Oc2cccc(-c3cccc(C#N)c3)c2)C[C@H]1C(=O)N[C@H](C=O)CC(=O)O. The number of benzene rings is 2. The highest BCUT2D eigenvalue weighted by Crippen LogP contribution is 2.28. The Kier molecular flexibility index (Phi) is 12.7. The van der Waals surface area contributed by atoms with Gasteiger partial charge in [-0.2, -0.15) is 5.26 Å². The van der Waals surface area contributed by atoms with E-state index in [2.05, 4.69) is 21.7 Å². The molecule has 13 nitrogen and oxygen atoms in total. The first kappa shape index (κ1) is 35.1. The Morgan fingerprint density at radius 1 is 1.15 bits per heavy atom. The molecule has 2 aromatic carbocycles. The van der Waals surface area contributed by atoms with Crippen LogP contribution in [0.2, 0.25) is 0 Å². The van der Waals surface area contributed by atoms with Crippen molar-refractivity contribution in [3.63, 3.8) is 0 Å². The van der Waals surface area contributed by atoms with Gasteiger partial charge in [0, 0.05) is 19.6 Å². The van der Waals surface area contributed by atoms with Crippen molar-refractivity contribution in [1.82, 2.24) is 15.5 Å². The number of amides is 4. The summed E-state index contributed by atoms with van der Waals surface area (Å²) in [5.41, 5.74) is 2.07. The standard InChI is InChI=1S/C33H37N5O8/c1-4-20(2)28(16-35-21(3)40)32(44)36-17-30(41)38-18-27(14-29(38)33(45)37-25(19-39)13-31(42)43)46-26-10-6-9-24(12-26)23-8-5-7-22(11-23)15-34/h5-12,16,19-20,25,27-29H,4,13-14,17-18H2,1-3H3,(H,36,44)(H,37,45)(H,42,43)/t20-,25-,27-,28?,29-/m0/s1. The monoisotopic (exact) mass is 631 g/mol. The molecule has 0 aliphatic carbocycles. The molecule has 46 heavy (non-hydrogen) atoms. The van der Waals surface area contributed by atoms with E-state index in [1.807, 2.05) is 26.0 Å². The van der Waals surface area contributed by atoms with Crippen molar-refractivity contribution < 1.29 is 38.6 Å². The van der Waals surface area contributed by atoms with E-state index >= 15 is 0 Å². The molecule has 13 heteroatoms. The Balaban J connectivity index is 1.80. The minimum atomic E-state index is -1.31. The topological polar surface area (TPSA) is 195 Å². The lowest BCUT2D eigenvalue weighted by Gasteiger charge is -2.25. The number of nitriles is 1. The zero-order valence-electron chi connectivity index (χ0n) is 25.8. The van der Waals surface area contributed by atoms with Gasteiger partial charge in [0.1, 0.15) is 24.2 Å². The van der Waals surface area contributed by atoms with Crippen LogP contribution in [0, 0.1) is 23.2 Å². The van der Waals surface area contributed by atoms with E-state index in [9.17, 15) is 34.0 Å². The molecule has 2 aromatic rings. The van der Waals surface area contributed by atoms with Gasteiger partial charge in [-0.05, 0) is 41.3 Å². The fraction of sp³-hybridized carbons (Fsp3) is 0.394. The van der Waals surface area contributed by atoms with Gasteiger partial charge in [-0.3, -0.25) is 24.0 Å². The summed E-state index contributed by atoms with van der Waals surface area (Å²) in [7, 11) is 0. The molecule has 1 aliphatic heterocycles. The van der Waals surface area contributed by atoms with Gasteiger partial charge in [-0.25, -0.2) is 4.99 Å². The van der Waals surface area contributed by atoms with Crippen LogP contribution in [0.5, 0.6) is 5.75 Å². The highest BCUT2D eigenvalue weighted by atomic mass is 16.5. The summed E-state index contributed by atoms with van der Waals surface area (Å²) in [6.07, 6.45) is 0.914. The predicted molar refractivity (Wildman–Crippen MR) is 167 cm³/mol. The second-order valence-corrected chi connectivity index (χ2v) is 11.0. The number of nitrogens with one attached hydrogen (secondary N) is 2. The summed E-state index contributed by atoms with van der Waals surface area (Å²) in [5, 5.41) is 23.3. The number of carboxylic acids is 1. The van der Waals surface area contributed by atoms with Gasteiger partial charge in [0.2, 0.25) is 23.6 Å². The quantitative estimate of drug-likeness (QED) is 0.207. The number of carbonyl (C=O) groups excluding carboxylic acids is 5. The van der Waals surface area contributed by atoms with E-state index in [1.165, 1.54) is 18.0 Å². The third-order valence-electron chi connectivity index (χ3n) is 7.62. The molecule has 1 heterocycles. The van der Waals surface area contributed by atoms with Crippen LogP contribution in [-0.4, -0.2) is 83.4 Å². The number of hydrogen-bond acceptors (Lipinski definition) is 8. The van der Waals surface area contributed by atoms with Crippen LogP contribution in [-0.2, 0) is 28.8 Å². The lowest BCUT2D eigenvalue weighted by Crippen LogP contribution is -2.52. The fourth-order valence-corrected chi connectivity index (χ4v) is 5.01. The van der Waals surface area contributed by atoms with Crippen molar-refractivity contribution in [2.24, 2.45) is 16.8 Å². The number of carboxylic acid groups (broad SMARTS) is 1. The summed E-state index contributed by atoms with van der Waals surface area (Å²) >= 11 is 0. The van der Waals surface area contributed by atoms with Crippen LogP contribution in [0.15, 0.2) is 53.5 Å². The lowest BCUT2D eigenvalue weighted by molar-refractivity contribution is -0.141. The molecule has 0 radical (unpaired) electrons. The number of ether oxygens (including phenoxy) is 1. The molecule has 242 valence electrons. The third kappa shape index (κ3) is 9.82. The van der Waals surface area contributed by atoms with Gasteiger partial charge in [0.15, 0.2) is 0 Å². The second-order valence-electron chi connectivity index (χ2n) is 11.0. The zero-order valence-corrected chi connectivity index (χ0v) is 25.8. The number of aliphatic imine (C=N–C) groups is 1. The van der Waals surface area contributed by atoms with E-state index < -0.39 is 66.7 Å². The average Bonchev–Trinajstić information content (AvgIpc) is 3.46. The first-order valence-corrected chi connectivity index (χ1v) is 14.8. The Hall–Kier alpha value is -5.38. The maximum absolute atomic E-state index is 13.4. The van der Waals surface area contributed by atoms with Crippen LogP contribution < -0.4 is 15.4 Å². The highest BCUT2D eigenvalue weighted by Gasteiger charge is 2.41. The summed E-state index contributed by atoms with van der Waals surface area (Å²) in [6, 6.07) is 13.8. The summed E-state index contributed by atoms with van der Waals surface area (Å²) in [6.45, 7) is 4.45. The number of carbonyl (C=O) groups is 6. The van der Waals surface area contributed by atoms with Gasteiger partial charge in [0.25, 0.3) is 0 Å². The number of likely N-dealkylation sites (tertiary alicyclic amines) is 1. The van der Waals surface area contributed by atoms with Crippen molar-refractivity contribution >= 4 is 42.1 Å². The summed E-state index contributed by atoms with van der Waals surface area (Å²) < 4.78 is 6.18. The highest BCUT2D eigenvalue weighted by molar-refractivity contribution is 5.99. The predicted octanol–water partition coefficient (Wildman–Crippen LogP) is 2.13. The number of hydrogen-bond donors (Lipinski definition) is 3. The van der Waals surface area contributed by atoms with Crippen molar-refractivity contribution in [2.75, 3.05) is 13.1 Å². The van der Waals surface area contributed by atoms with E-state index in [0.717, 1.165) is 11.1 Å². The van der Waals surface area contributed by atoms with Gasteiger partial charge >= 0.3 is 5.97 Å². The summed E-state index contributed by atoms with van der Waals surface area (Å²) in [4.78, 5) is 78.5. The Bertz CT molecular complexity index is 1530. The number of aldehydes is 1. The molecule has 0 aromatic heterocycles. The molecule has 3 rings (SSSR count). The molecule has 1 fully saturated rings. The molecule has 3 N–H and O–H groups in total. The maximum Gasteiger partial charge on any atom is 0.305 e. The van der Waals surface area contributed by atoms with Gasteiger partial charge in [-0.1, -0.05) is 44.5 Å². The van der Waals surface area contributed by atoms with Crippen molar-refractivity contribution in [2.45, 2.75) is 58.2 Å². The molecule has 1 unspecified atom stereocenters. The van der Waals surface area contributed by atoms with Crippen molar-refractivity contribution in [3.8, 4) is 22.9 Å². The largest absolute Gasteiger partial charge is 0.488 e. The Morgan fingerprint density at radius 3 is 2.48 bits per heavy atom. The lowest BCUT2D eigenvalue weighted by atomic mass is 9.92. The first-order chi connectivity index (χ1) is 21.9. The average molecular weight is 632 g/mol. The van der Waals surface area contributed by atoms with Crippen molar-refractivity contribution in [1.29, 1.82) is 5.26 Å². The fourth-order valence-electron chi connectivity index (χ4n) is 5.01. The molecule has 4 amide bonds. The van der Waals surface area contributed by atoms with Gasteiger partial charge < -0.3 is 30.2 Å². The van der Waals surface area contributed by atoms with Crippen molar-refractivity contribution in [3.05, 3.63) is 54.1 Å². The minimum Gasteiger partial charge on any atom is -0.488 e. The van der Waals surface area contributed by atoms with Crippen LogP contribution >= 0.6 is 0 Å². The summed E-state index contributed by atoms with van der Waals surface area (Å²) in [5.74, 6) is -4.09. The van der Waals surface area contributed by atoms with Gasteiger partial charge in [-0.15, -0.1) is 0 Å². The second kappa shape index (κ2) is 16.6. The van der Waals surface area contributed by atoms with Crippen LogP contribution in [0.4, 0.5) is 0 Å². The third-order valence-corrected chi connectivity index (χ3v) is 7.62. The molecular weight excluding hydrogens is 594 g/mol. The normalized spacial score (nSPS) is 17.7. The van der Waals surface area contributed by atoms with Crippen LogP contribution in [0.25, 0.3) is 11.1 Å². The molecular formula is C33H37N5O8. The number of rotatable bonds is 14. The molecule has 0 saturated carbocycles. The Morgan fingerprint density at radius 2 is 1.85 bits per heavy atom. The van der Waals surface area contributed by atoms with E-state index in [1.54, 1.807) is 36.4 Å². The van der Waals surface area contributed by atoms with Crippen LogP contribution in [0.3, 0.4) is 0 Å². The van der Waals surface area contributed by atoms with E-state index in [0.29, 0.717) is 24.0 Å². The van der Waals surface area contributed by atoms with Crippen LogP contribution in [0.1, 0.15) is 45.6 Å². The minimum absolute atomic E-state index is 0.0269. The molecule has 5 atom stereocenters. The molecule has 0 bridgehead atoms. The number of nitrogens with zero attached hydrogens (tertiary/aromatic N) is 3. The molecule has 0 spiro atoms. The molecule has 1 aliphatic rings. The Labute approximate surface area is 266 Å². The first-order valence-electron chi connectivity index (χ1n) is 14.8. The molecule has 1 saturated heterocycles. The zero-order chi connectivity index (χ0) is 33.8. The number of aliphatic carboxylic acids is 1. The van der Waals surface area contributed by atoms with E-state index in [4.69, 9.17) is 9.84 Å². The maximum atomic E-state index is 13.4. The van der Waals surface area contributed by atoms with Gasteiger partial charge in [0.05, 0.1) is 43.1 Å². The van der Waals surface area contributed by atoms with E-state index in [-0.39, 0.29) is 18.9 Å². The smallest absolute Gasteiger partial charge is 0.305 e.